The lowest BCUT2D eigenvalue weighted by Crippen LogP contribution is -2.43. The second-order valence-electron chi connectivity index (χ2n) is 5.42. The van der Waals surface area contributed by atoms with Crippen LogP contribution in [0.15, 0.2) is 18.2 Å². The molecule has 2 fully saturated rings. The van der Waals surface area contributed by atoms with E-state index >= 15 is 0 Å². The SMILES string of the molecule is Cc1ccc(N2CCC(=O)N3CCCC3C2=O)cc1Cl. The van der Waals surface area contributed by atoms with Crippen LogP contribution in [0.4, 0.5) is 5.69 Å². The van der Waals surface area contributed by atoms with Crippen molar-refractivity contribution < 1.29 is 9.59 Å². The maximum atomic E-state index is 12.7. The second kappa shape index (κ2) is 5.09. The number of fused-ring (bicyclic) bond motifs is 1. The summed E-state index contributed by atoms with van der Waals surface area (Å²) in [6, 6.07) is 5.33. The lowest BCUT2D eigenvalue weighted by atomic mass is 10.1. The number of hydrogen-bond donors (Lipinski definition) is 0. The molecule has 106 valence electrons. The Kier molecular flexibility index (Phi) is 3.42. The molecule has 1 aromatic carbocycles. The van der Waals surface area contributed by atoms with Gasteiger partial charge in [-0.25, -0.2) is 0 Å². The normalized spacial score (nSPS) is 23.0. The van der Waals surface area contributed by atoms with Gasteiger partial charge in [-0.05, 0) is 37.5 Å². The first-order valence-electron chi connectivity index (χ1n) is 6.95. The van der Waals surface area contributed by atoms with Crippen LogP contribution in [0.2, 0.25) is 5.02 Å². The molecular formula is C15H17ClN2O2. The van der Waals surface area contributed by atoms with E-state index in [9.17, 15) is 9.59 Å². The monoisotopic (exact) mass is 292 g/mol. The Balaban J connectivity index is 1.94. The maximum absolute atomic E-state index is 12.7. The minimum Gasteiger partial charge on any atom is -0.331 e. The molecule has 5 heteroatoms. The highest BCUT2D eigenvalue weighted by atomic mass is 35.5. The van der Waals surface area contributed by atoms with Gasteiger partial charge in [0.15, 0.2) is 0 Å². The molecule has 0 bridgehead atoms. The van der Waals surface area contributed by atoms with Crippen LogP contribution in [-0.2, 0) is 9.59 Å². The van der Waals surface area contributed by atoms with Crippen molar-refractivity contribution in [2.45, 2.75) is 32.2 Å². The van der Waals surface area contributed by atoms with Crippen LogP contribution >= 0.6 is 11.6 Å². The Bertz CT molecular complexity index is 573. The number of hydrogen-bond acceptors (Lipinski definition) is 2. The van der Waals surface area contributed by atoms with Gasteiger partial charge < -0.3 is 9.80 Å². The second-order valence-corrected chi connectivity index (χ2v) is 5.83. The number of halogens is 1. The number of nitrogens with zero attached hydrogens (tertiary/aromatic N) is 2. The van der Waals surface area contributed by atoms with Gasteiger partial charge in [-0.15, -0.1) is 0 Å². The minimum atomic E-state index is -0.287. The van der Waals surface area contributed by atoms with Crippen molar-refractivity contribution in [2.24, 2.45) is 0 Å². The van der Waals surface area contributed by atoms with Crippen LogP contribution in [0.25, 0.3) is 0 Å². The topological polar surface area (TPSA) is 40.6 Å². The van der Waals surface area contributed by atoms with Crippen LogP contribution in [0.3, 0.4) is 0 Å². The maximum Gasteiger partial charge on any atom is 0.249 e. The molecule has 0 aromatic heterocycles. The number of rotatable bonds is 1. The third-order valence-electron chi connectivity index (χ3n) is 4.14. The third-order valence-corrected chi connectivity index (χ3v) is 4.55. The fourth-order valence-corrected chi connectivity index (χ4v) is 3.14. The van der Waals surface area contributed by atoms with E-state index in [0.29, 0.717) is 24.5 Å². The number of benzene rings is 1. The molecule has 1 aromatic rings. The molecule has 20 heavy (non-hydrogen) atoms. The van der Waals surface area contributed by atoms with Gasteiger partial charge in [0.2, 0.25) is 11.8 Å². The fraction of sp³-hybridized carbons (Fsp3) is 0.467. The van der Waals surface area contributed by atoms with Crippen molar-refractivity contribution in [1.82, 2.24) is 4.90 Å². The Morgan fingerprint density at radius 1 is 1.25 bits per heavy atom. The summed E-state index contributed by atoms with van der Waals surface area (Å²) in [5.41, 5.74) is 1.77. The molecule has 3 rings (SSSR count). The van der Waals surface area contributed by atoms with E-state index in [2.05, 4.69) is 0 Å². The molecule has 1 unspecified atom stereocenters. The first-order chi connectivity index (χ1) is 9.58. The van der Waals surface area contributed by atoms with Gasteiger partial charge in [-0.2, -0.15) is 0 Å². The largest absolute Gasteiger partial charge is 0.331 e. The van der Waals surface area contributed by atoms with Crippen LogP contribution in [0, 0.1) is 6.92 Å². The average molecular weight is 293 g/mol. The van der Waals surface area contributed by atoms with Gasteiger partial charge in [0.05, 0.1) is 0 Å². The smallest absolute Gasteiger partial charge is 0.249 e. The van der Waals surface area contributed by atoms with E-state index in [1.54, 1.807) is 9.80 Å². The number of carbonyl (C=O) groups excluding carboxylic acids is 2. The number of amides is 2. The Morgan fingerprint density at radius 2 is 2.05 bits per heavy atom. The molecule has 0 saturated carbocycles. The van der Waals surface area contributed by atoms with E-state index in [1.165, 1.54) is 0 Å². The standard InChI is InChI=1S/C15H17ClN2O2/c1-10-4-5-11(9-12(10)16)17-8-6-14(19)18-7-2-3-13(18)15(17)20/h4-5,9,13H,2-3,6-8H2,1H3. The van der Waals surface area contributed by atoms with Crippen molar-refractivity contribution in [3.05, 3.63) is 28.8 Å². The van der Waals surface area contributed by atoms with Gasteiger partial charge in [0.1, 0.15) is 6.04 Å². The van der Waals surface area contributed by atoms with Gasteiger partial charge >= 0.3 is 0 Å². The molecule has 2 aliphatic rings. The molecule has 1 atom stereocenters. The van der Waals surface area contributed by atoms with Gasteiger partial charge in [-0.3, -0.25) is 9.59 Å². The minimum absolute atomic E-state index is 0.0215. The highest BCUT2D eigenvalue weighted by Crippen LogP contribution is 2.29. The summed E-state index contributed by atoms with van der Waals surface area (Å²) < 4.78 is 0. The zero-order chi connectivity index (χ0) is 14.3. The van der Waals surface area contributed by atoms with E-state index in [0.717, 1.165) is 24.1 Å². The highest BCUT2D eigenvalue weighted by molar-refractivity contribution is 6.31. The zero-order valence-corrected chi connectivity index (χ0v) is 12.2. The highest BCUT2D eigenvalue weighted by Gasteiger charge is 2.39. The van der Waals surface area contributed by atoms with Crippen molar-refractivity contribution in [2.75, 3.05) is 18.0 Å². The first kappa shape index (κ1) is 13.4. The summed E-state index contributed by atoms with van der Waals surface area (Å²) >= 11 is 6.15. The molecule has 4 nitrogen and oxygen atoms in total. The molecule has 2 saturated heterocycles. The van der Waals surface area contributed by atoms with Crippen LogP contribution in [0.5, 0.6) is 0 Å². The third kappa shape index (κ3) is 2.18. The van der Waals surface area contributed by atoms with Crippen molar-refractivity contribution in [3.63, 3.8) is 0 Å². The van der Waals surface area contributed by atoms with E-state index < -0.39 is 0 Å². The van der Waals surface area contributed by atoms with Gasteiger partial charge in [-0.1, -0.05) is 17.7 Å². The fourth-order valence-electron chi connectivity index (χ4n) is 2.97. The average Bonchev–Trinajstić information content (AvgIpc) is 2.87. The summed E-state index contributed by atoms with van der Waals surface area (Å²) in [4.78, 5) is 28.2. The first-order valence-corrected chi connectivity index (χ1v) is 7.33. The summed E-state index contributed by atoms with van der Waals surface area (Å²) in [7, 11) is 0. The predicted molar refractivity (Wildman–Crippen MR) is 77.9 cm³/mol. The number of carbonyl (C=O) groups is 2. The lowest BCUT2D eigenvalue weighted by molar-refractivity contribution is -0.135. The van der Waals surface area contributed by atoms with Crippen molar-refractivity contribution in [3.8, 4) is 0 Å². The van der Waals surface area contributed by atoms with Gasteiger partial charge in [0, 0.05) is 30.2 Å². The Morgan fingerprint density at radius 3 is 2.80 bits per heavy atom. The van der Waals surface area contributed by atoms with Crippen LogP contribution in [-0.4, -0.2) is 35.8 Å². The van der Waals surface area contributed by atoms with E-state index in [-0.39, 0.29) is 17.9 Å². The molecule has 2 heterocycles. The Labute approximate surface area is 123 Å². The summed E-state index contributed by atoms with van der Waals surface area (Å²) in [5.74, 6) is 0.106. The summed E-state index contributed by atoms with van der Waals surface area (Å²) in [6.07, 6.45) is 2.05. The predicted octanol–water partition coefficient (Wildman–Crippen LogP) is 2.38. The van der Waals surface area contributed by atoms with E-state index in [1.807, 2.05) is 25.1 Å². The van der Waals surface area contributed by atoms with Crippen molar-refractivity contribution >= 4 is 29.1 Å². The van der Waals surface area contributed by atoms with Crippen LogP contribution < -0.4 is 4.90 Å². The summed E-state index contributed by atoms with van der Waals surface area (Å²) in [5, 5.41) is 0.647. The summed E-state index contributed by atoms with van der Waals surface area (Å²) in [6.45, 7) is 3.07. The molecule has 0 spiro atoms. The molecule has 2 aliphatic heterocycles. The zero-order valence-electron chi connectivity index (χ0n) is 11.4. The van der Waals surface area contributed by atoms with Gasteiger partial charge in [0.25, 0.3) is 0 Å². The molecule has 0 N–H and O–H groups in total. The molecule has 0 aliphatic carbocycles. The number of aryl methyl sites for hydroxylation is 1. The molecule has 0 radical (unpaired) electrons. The lowest BCUT2D eigenvalue weighted by Gasteiger charge is -2.25. The Hall–Kier alpha value is -1.55. The number of anilines is 1. The molecular weight excluding hydrogens is 276 g/mol. The van der Waals surface area contributed by atoms with Crippen LogP contribution in [0.1, 0.15) is 24.8 Å². The quantitative estimate of drug-likeness (QED) is 0.797. The van der Waals surface area contributed by atoms with Crippen molar-refractivity contribution in [1.29, 1.82) is 0 Å². The molecule has 2 amide bonds. The van der Waals surface area contributed by atoms with E-state index in [4.69, 9.17) is 11.6 Å².